The Morgan fingerprint density at radius 1 is 1.00 bits per heavy atom. The van der Waals surface area contributed by atoms with Gasteiger partial charge < -0.3 is 15.4 Å². The van der Waals surface area contributed by atoms with Gasteiger partial charge in [-0.3, -0.25) is 19.4 Å². The molecule has 3 aromatic rings. The van der Waals surface area contributed by atoms with Gasteiger partial charge in [0.05, 0.1) is 28.7 Å². The molecule has 11 heteroatoms. The van der Waals surface area contributed by atoms with Gasteiger partial charge in [0.2, 0.25) is 0 Å². The molecule has 2 N–H and O–H groups in total. The number of alkyl halides is 2. The number of carbonyl (C=O) groups excluding carboxylic acids is 2. The minimum atomic E-state index is -2.95. The first kappa shape index (κ1) is 43.2. The molecule has 0 aromatic heterocycles. The van der Waals surface area contributed by atoms with Crippen LogP contribution in [0, 0.1) is 18.3 Å². The van der Waals surface area contributed by atoms with Crippen molar-refractivity contribution in [3.05, 3.63) is 88.5 Å². The average molecular weight is 748 g/mol. The van der Waals surface area contributed by atoms with Gasteiger partial charge in [0.25, 0.3) is 5.92 Å². The maximum Gasteiger partial charge on any atom is 0.271 e. The summed E-state index contributed by atoms with van der Waals surface area (Å²) in [5.41, 5.74) is 9.38. The highest BCUT2D eigenvalue weighted by atomic mass is 32.1. The van der Waals surface area contributed by atoms with Crippen molar-refractivity contribution < 1.29 is 23.1 Å². The van der Waals surface area contributed by atoms with Crippen molar-refractivity contribution in [3.63, 3.8) is 0 Å². The molecule has 53 heavy (non-hydrogen) atoms. The largest absolute Gasteiger partial charge is 0.492 e. The third kappa shape index (κ3) is 12.7. The number of piperazine rings is 1. The zero-order valence-electron chi connectivity index (χ0n) is 32.3. The van der Waals surface area contributed by atoms with E-state index in [-0.39, 0.29) is 22.7 Å². The molecule has 1 fully saturated rings. The fourth-order valence-corrected chi connectivity index (χ4v) is 6.82. The fourth-order valence-electron chi connectivity index (χ4n) is 6.49. The summed E-state index contributed by atoms with van der Waals surface area (Å²) in [4.78, 5) is 32.7. The second-order valence-corrected chi connectivity index (χ2v) is 14.8. The number of nitrogens with zero attached hydrogens (tertiary/aromatic N) is 4. The Morgan fingerprint density at radius 2 is 1.68 bits per heavy atom. The van der Waals surface area contributed by atoms with Crippen molar-refractivity contribution in [2.75, 3.05) is 56.5 Å². The Kier molecular flexibility index (Phi) is 16.1. The average Bonchev–Trinajstić information content (AvgIpc) is 3.09. The summed E-state index contributed by atoms with van der Waals surface area (Å²) in [6.07, 6.45) is 2.59. The maximum atomic E-state index is 12.9. The predicted octanol–water partition coefficient (Wildman–Crippen LogP) is 7.92. The third-order valence-electron chi connectivity index (χ3n) is 9.37. The topological polar surface area (TPSA) is 103 Å². The van der Waals surface area contributed by atoms with Gasteiger partial charge in [0, 0.05) is 69.4 Å². The predicted molar refractivity (Wildman–Crippen MR) is 214 cm³/mol. The second-order valence-electron chi connectivity index (χ2n) is 14.2. The van der Waals surface area contributed by atoms with Gasteiger partial charge in [-0.25, -0.2) is 8.78 Å². The smallest absolute Gasteiger partial charge is 0.271 e. The summed E-state index contributed by atoms with van der Waals surface area (Å²) in [5, 5.41) is 8.59. The standard InChI is InChI=1S/C32H46N4O3S.C10H9F2N/c1-6-9-31(38)32(4,5)36(24(3)40)28-12-13-30(26(7-2)22-28)39-19-18-34-14-16-35(17-15-34)23-29(37)21-25-10-8-11-27(33)20-25;1-7-3-4-8(6-13)9(5-7)10(2,11)12/h8,10-13,20,22H,6-7,9,14-19,21,23,33H2,1-5H3;3-5H,1-2H3. The van der Waals surface area contributed by atoms with Gasteiger partial charge in [-0.2, -0.15) is 5.26 Å². The fraction of sp³-hybridized carbons (Fsp3) is 0.476. The molecule has 0 amide bonds. The second kappa shape index (κ2) is 19.7. The monoisotopic (exact) mass is 747 g/mol. The van der Waals surface area contributed by atoms with Crippen LogP contribution in [0.1, 0.15) is 82.2 Å². The van der Waals surface area contributed by atoms with Crippen LogP contribution in [0.3, 0.4) is 0 Å². The summed E-state index contributed by atoms with van der Waals surface area (Å²) in [6.45, 7) is 17.9. The van der Waals surface area contributed by atoms with Gasteiger partial charge >= 0.3 is 0 Å². The first-order valence-electron chi connectivity index (χ1n) is 18.3. The number of hydrogen-bond acceptors (Lipinski definition) is 8. The molecule has 1 saturated heterocycles. The Hall–Kier alpha value is -4.24. The molecule has 1 heterocycles. The zero-order valence-corrected chi connectivity index (χ0v) is 33.1. The number of rotatable bonds is 15. The molecule has 0 spiro atoms. The van der Waals surface area contributed by atoms with E-state index in [1.165, 1.54) is 12.1 Å². The number of carbonyl (C=O) groups is 2. The number of nitriles is 1. The van der Waals surface area contributed by atoms with Gasteiger partial charge in [-0.15, -0.1) is 0 Å². The SMILES string of the molecule is CCCC(=O)C(C)(C)N(C(C)=S)c1ccc(OCCN2CCN(CC(=O)Cc3cccc(N)c3)CC2)c(CC)c1.Cc1ccc(C#N)c(C(C)(F)F)c1. The van der Waals surface area contributed by atoms with E-state index >= 15 is 0 Å². The van der Waals surface area contributed by atoms with Crippen LogP contribution >= 0.6 is 12.2 Å². The number of nitrogen functional groups attached to an aromatic ring is 1. The number of benzene rings is 3. The molecule has 0 saturated carbocycles. The highest BCUT2D eigenvalue weighted by Gasteiger charge is 2.35. The quantitative estimate of drug-likeness (QED) is 0.123. The Bertz CT molecular complexity index is 1760. The van der Waals surface area contributed by atoms with Crippen molar-refractivity contribution in [2.24, 2.45) is 0 Å². The molecule has 0 bridgehead atoms. The zero-order chi connectivity index (χ0) is 39.3. The number of hydrogen-bond donors (Lipinski definition) is 1. The number of ether oxygens (including phenoxy) is 1. The van der Waals surface area contributed by atoms with Crippen LogP contribution in [-0.2, 0) is 28.4 Å². The molecule has 4 rings (SSSR count). The van der Waals surface area contributed by atoms with E-state index in [9.17, 15) is 18.4 Å². The van der Waals surface area contributed by atoms with Crippen molar-refractivity contribution in [1.82, 2.24) is 9.80 Å². The summed E-state index contributed by atoms with van der Waals surface area (Å²) >= 11 is 5.58. The molecular formula is C42H55F2N5O3S. The highest BCUT2D eigenvalue weighted by Crippen LogP contribution is 2.32. The molecule has 0 radical (unpaired) electrons. The van der Waals surface area contributed by atoms with E-state index in [0.29, 0.717) is 36.7 Å². The van der Waals surface area contributed by atoms with Gasteiger partial charge in [-0.05, 0) is 94.1 Å². The molecule has 1 aliphatic rings. The van der Waals surface area contributed by atoms with E-state index < -0.39 is 11.5 Å². The minimum Gasteiger partial charge on any atom is -0.492 e. The molecule has 0 atom stereocenters. The van der Waals surface area contributed by atoms with Crippen molar-refractivity contribution in [1.29, 1.82) is 5.26 Å². The molecular weight excluding hydrogens is 693 g/mol. The number of ketones is 2. The molecule has 3 aromatic carbocycles. The lowest BCUT2D eigenvalue weighted by molar-refractivity contribution is -0.123. The first-order chi connectivity index (χ1) is 25.0. The lowest BCUT2D eigenvalue weighted by atomic mass is 9.92. The first-order valence-corrected chi connectivity index (χ1v) is 18.7. The molecule has 286 valence electrons. The minimum absolute atomic E-state index is 0.0399. The molecule has 0 aliphatic carbocycles. The maximum absolute atomic E-state index is 12.9. The number of Topliss-reactive ketones (excluding diaryl/α,β-unsaturated/α-hetero) is 2. The van der Waals surface area contributed by atoms with Crippen LogP contribution in [0.5, 0.6) is 5.75 Å². The molecule has 0 unspecified atom stereocenters. The summed E-state index contributed by atoms with van der Waals surface area (Å²) in [5.74, 6) is -1.67. The van der Waals surface area contributed by atoms with Gasteiger partial charge in [0.15, 0.2) is 11.6 Å². The molecule has 1 aliphatic heterocycles. The number of thiocarbonyl (C=S) groups is 1. The van der Waals surface area contributed by atoms with Gasteiger partial charge in [0.1, 0.15) is 12.4 Å². The van der Waals surface area contributed by atoms with Crippen LogP contribution in [0.15, 0.2) is 60.7 Å². The Morgan fingerprint density at radius 3 is 2.26 bits per heavy atom. The van der Waals surface area contributed by atoms with Crippen LogP contribution in [-0.4, -0.2) is 77.8 Å². The molecule has 8 nitrogen and oxygen atoms in total. The van der Waals surface area contributed by atoms with E-state index in [1.54, 1.807) is 19.1 Å². The van der Waals surface area contributed by atoms with Gasteiger partial charge in [-0.1, -0.05) is 49.8 Å². The van der Waals surface area contributed by atoms with Crippen LogP contribution in [0.2, 0.25) is 0 Å². The summed E-state index contributed by atoms with van der Waals surface area (Å²) in [6, 6.07) is 19.8. The summed E-state index contributed by atoms with van der Waals surface area (Å²) < 4.78 is 32.1. The van der Waals surface area contributed by atoms with Crippen molar-refractivity contribution >= 4 is 40.1 Å². The lowest BCUT2D eigenvalue weighted by Crippen LogP contribution is -2.52. The van der Waals surface area contributed by atoms with E-state index in [1.807, 2.05) is 69.0 Å². The summed E-state index contributed by atoms with van der Waals surface area (Å²) in [7, 11) is 0. The van der Waals surface area contributed by atoms with Crippen LogP contribution in [0.4, 0.5) is 20.2 Å². The lowest BCUT2D eigenvalue weighted by Gasteiger charge is -2.39. The number of nitrogens with two attached hydrogens (primary N) is 1. The number of anilines is 2. The Balaban J connectivity index is 0.000000489. The van der Waals surface area contributed by atoms with E-state index in [0.717, 1.165) is 80.6 Å². The highest BCUT2D eigenvalue weighted by molar-refractivity contribution is 7.80. The normalized spacial score (nSPS) is 13.7. The number of aryl methyl sites for hydroxylation is 2. The van der Waals surface area contributed by atoms with E-state index in [2.05, 4.69) is 22.8 Å². The van der Waals surface area contributed by atoms with E-state index in [4.69, 9.17) is 28.0 Å². The van der Waals surface area contributed by atoms with Crippen LogP contribution in [0.25, 0.3) is 0 Å². The third-order valence-corrected chi connectivity index (χ3v) is 9.55. The van der Waals surface area contributed by atoms with Crippen molar-refractivity contribution in [3.8, 4) is 11.8 Å². The van der Waals surface area contributed by atoms with Crippen LogP contribution < -0.4 is 15.4 Å². The number of halogens is 2. The van der Waals surface area contributed by atoms with Crippen molar-refractivity contribution in [2.45, 2.75) is 85.6 Å². The Labute approximate surface area is 319 Å².